The molecule has 1 amide bonds. The van der Waals surface area contributed by atoms with Crippen molar-refractivity contribution in [3.8, 4) is 11.5 Å². The van der Waals surface area contributed by atoms with Crippen LogP contribution in [0.25, 0.3) is 0 Å². The maximum Gasteiger partial charge on any atom is 0.355 e. The lowest BCUT2D eigenvalue weighted by Crippen LogP contribution is -2.38. The number of amides is 1. The normalized spacial score (nSPS) is 12.9. The molecule has 2 heterocycles. The van der Waals surface area contributed by atoms with Crippen molar-refractivity contribution in [3.05, 3.63) is 45.8 Å². The Morgan fingerprint density at radius 2 is 1.70 bits per heavy atom. The van der Waals surface area contributed by atoms with Crippen LogP contribution in [0, 0.1) is 13.8 Å². The molecule has 0 saturated carbocycles. The van der Waals surface area contributed by atoms with Crippen LogP contribution >= 0.6 is 0 Å². The van der Waals surface area contributed by atoms with Crippen molar-refractivity contribution in [2.24, 2.45) is 0 Å². The molecule has 2 aromatic rings. The van der Waals surface area contributed by atoms with Crippen LogP contribution < -0.4 is 9.47 Å². The zero-order valence-corrected chi connectivity index (χ0v) is 17.9. The summed E-state index contributed by atoms with van der Waals surface area (Å²) in [4.78, 5) is 41.3. The number of benzene rings is 1. The van der Waals surface area contributed by atoms with Crippen molar-refractivity contribution >= 4 is 17.7 Å². The maximum absolute atomic E-state index is 12.6. The fourth-order valence-corrected chi connectivity index (χ4v) is 3.87. The van der Waals surface area contributed by atoms with E-state index < -0.39 is 5.97 Å². The molecule has 0 fully saturated rings. The molecule has 1 N–H and O–H groups in total. The molecule has 0 aliphatic carbocycles. The molecule has 3 rings (SSSR count). The highest BCUT2D eigenvalue weighted by Crippen LogP contribution is 2.33. The van der Waals surface area contributed by atoms with Gasteiger partial charge in [-0.1, -0.05) is 0 Å². The van der Waals surface area contributed by atoms with E-state index in [4.69, 9.17) is 14.2 Å². The van der Waals surface area contributed by atoms with Crippen LogP contribution in [-0.4, -0.2) is 54.9 Å². The second-order valence-electron chi connectivity index (χ2n) is 7.30. The summed E-state index contributed by atoms with van der Waals surface area (Å²) < 4.78 is 15.9. The molecule has 1 aliphatic rings. The lowest BCUT2D eigenvalue weighted by Gasteiger charge is -2.29. The van der Waals surface area contributed by atoms with Crippen LogP contribution in [0.5, 0.6) is 11.5 Å². The van der Waals surface area contributed by atoms with Gasteiger partial charge in [0.25, 0.3) is 5.91 Å². The predicted octanol–water partition coefficient (Wildman–Crippen LogP) is 2.59. The SMILES string of the molecule is COc1cc2c(cc1OC)CN(C(=O)COC(=O)c1[nH]c(C)c(C(C)=O)c1C)CC2. The maximum atomic E-state index is 12.6. The van der Waals surface area contributed by atoms with Gasteiger partial charge in [0.05, 0.1) is 14.2 Å². The van der Waals surface area contributed by atoms with Gasteiger partial charge < -0.3 is 24.1 Å². The fraction of sp³-hybridized carbons (Fsp3) is 0.409. The molecule has 1 aliphatic heterocycles. The molecular formula is C22H26N2O6. The molecule has 0 radical (unpaired) electrons. The summed E-state index contributed by atoms with van der Waals surface area (Å²) in [6.45, 7) is 5.41. The molecule has 1 aromatic heterocycles. The van der Waals surface area contributed by atoms with Crippen LogP contribution in [0.1, 0.15) is 50.2 Å². The van der Waals surface area contributed by atoms with Gasteiger partial charge in [-0.05, 0) is 56.0 Å². The molecule has 0 bridgehead atoms. The largest absolute Gasteiger partial charge is 0.493 e. The van der Waals surface area contributed by atoms with Gasteiger partial charge in [0.2, 0.25) is 0 Å². The number of aromatic amines is 1. The van der Waals surface area contributed by atoms with E-state index in [0.29, 0.717) is 47.8 Å². The number of rotatable bonds is 6. The van der Waals surface area contributed by atoms with Crippen molar-refractivity contribution in [3.63, 3.8) is 0 Å². The number of carbonyl (C=O) groups excluding carboxylic acids is 3. The predicted molar refractivity (Wildman–Crippen MR) is 109 cm³/mol. The number of H-pyrrole nitrogens is 1. The number of nitrogens with one attached hydrogen (secondary N) is 1. The highest BCUT2D eigenvalue weighted by molar-refractivity contribution is 6.01. The van der Waals surface area contributed by atoms with E-state index >= 15 is 0 Å². The molecule has 0 unspecified atom stereocenters. The number of esters is 1. The summed E-state index contributed by atoms with van der Waals surface area (Å²) in [5.74, 6) is 0.203. The van der Waals surface area contributed by atoms with Crippen molar-refractivity contribution in [1.29, 1.82) is 0 Å². The summed E-state index contributed by atoms with van der Waals surface area (Å²) in [5.41, 5.74) is 3.89. The van der Waals surface area contributed by atoms with Gasteiger partial charge >= 0.3 is 5.97 Å². The summed E-state index contributed by atoms with van der Waals surface area (Å²) in [6.07, 6.45) is 0.673. The van der Waals surface area contributed by atoms with E-state index in [1.807, 2.05) is 12.1 Å². The lowest BCUT2D eigenvalue weighted by molar-refractivity contribution is -0.135. The van der Waals surface area contributed by atoms with Crippen molar-refractivity contribution in [2.45, 2.75) is 33.7 Å². The Morgan fingerprint density at radius 3 is 2.27 bits per heavy atom. The smallest absolute Gasteiger partial charge is 0.355 e. The van der Waals surface area contributed by atoms with Crippen LogP contribution in [0.2, 0.25) is 0 Å². The first kappa shape index (κ1) is 21.4. The number of hydrogen-bond acceptors (Lipinski definition) is 6. The Labute approximate surface area is 175 Å². The van der Waals surface area contributed by atoms with Gasteiger partial charge in [0, 0.05) is 24.3 Å². The van der Waals surface area contributed by atoms with Gasteiger partial charge in [-0.2, -0.15) is 0 Å². The fourth-order valence-electron chi connectivity index (χ4n) is 3.87. The van der Waals surface area contributed by atoms with Crippen molar-refractivity contribution < 1.29 is 28.6 Å². The quantitative estimate of drug-likeness (QED) is 0.576. The second kappa shape index (κ2) is 8.61. The Balaban J connectivity index is 1.66. The number of carbonyl (C=O) groups is 3. The zero-order valence-electron chi connectivity index (χ0n) is 17.9. The van der Waals surface area contributed by atoms with Crippen LogP contribution in [0.3, 0.4) is 0 Å². The van der Waals surface area contributed by atoms with Crippen LogP contribution in [0.15, 0.2) is 12.1 Å². The standard InChI is InChI=1S/C22H26N2O6/c1-12-20(14(3)25)13(2)23-21(12)22(27)30-11-19(26)24-7-6-15-8-17(28-4)18(29-5)9-16(15)10-24/h8-9,23H,6-7,10-11H2,1-5H3. The topological polar surface area (TPSA) is 97.9 Å². The monoisotopic (exact) mass is 414 g/mol. The molecule has 30 heavy (non-hydrogen) atoms. The number of aryl methyl sites for hydroxylation is 1. The lowest BCUT2D eigenvalue weighted by atomic mass is 9.99. The van der Waals surface area contributed by atoms with Gasteiger partial charge in [0.15, 0.2) is 23.9 Å². The summed E-state index contributed by atoms with van der Waals surface area (Å²) in [6, 6.07) is 3.80. The minimum atomic E-state index is -0.653. The molecule has 160 valence electrons. The highest BCUT2D eigenvalue weighted by Gasteiger charge is 2.25. The van der Waals surface area contributed by atoms with Crippen molar-refractivity contribution in [2.75, 3.05) is 27.4 Å². The number of nitrogens with zero attached hydrogens (tertiary/aromatic N) is 1. The minimum Gasteiger partial charge on any atom is -0.493 e. The number of hydrogen-bond donors (Lipinski definition) is 1. The first-order valence-corrected chi connectivity index (χ1v) is 9.65. The van der Waals surface area contributed by atoms with Gasteiger partial charge in [-0.25, -0.2) is 4.79 Å². The molecule has 0 spiro atoms. The van der Waals surface area contributed by atoms with Crippen molar-refractivity contribution in [1.82, 2.24) is 9.88 Å². The van der Waals surface area contributed by atoms with E-state index in [1.54, 1.807) is 33.0 Å². The molecule has 1 aromatic carbocycles. The third kappa shape index (κ3) is 4.03. The molecule has 0 saturated heterocycles. The average molecular weight is 414 g/mol. The number of Topliss-reactive ketones (excluding diaryl/α,β-unsaturated/α-hetero) is 1. The molecule has 0 atom stereocenters. The first-order valence-electron chi connectivity index (χ1n) is 9.65. The van der Waals surface area contributed by atoms with E-state index in [9.17, 15) is 14.4 Å². The van der Waals surface area contributed by atoms with Gasteiger partial charge in [0.1, 0.15) is 5.69 Å². The third-order valence-corrected chi connectivity index (χ3v) is 5.39. The highest BCUT2D eigenvalue weighted by atomic mass is 16.5. The zero-order chi connectivity index (χ0) is 22.0. The Bertz CT molecular complexity index is 1010. The van der Waals surface area contributed by atoms with E-state index in [2.05, 4.69) is 4.98 Å². The molecule has 8 nitrogen and oxygen atoms in total. The first-order chi connectivity index (χ1) is 14.3. The number of ketones is 1. The van der Waals surface area contributed by atoms with E-state index in [-0.39, 0.29) is 24.0 Å². The van der Waals surface area contributed by atoms with E-state index in [1.165, 1.54) is 6.92 Å². The number of fused-ring (bicyclic) bond motifs is 1. The Hall–Kier alpha value is -3.29. The molecule has 8 heteroatoms. The number of aromatic nitrogens is 1. The van der Waals surface area contributed by atoms with E-state index in [0.717, 1.165) is 11.1 Å². The summed E-state index contributed by atoms with van der Waals surface area (Å²) in [7, 11) is 3.15. The third-order valence-electron chi connectivity index (χ3n) is 5.39. The summed E-state index contributed by atoms with van der Waals surface area (Å²) in [5, 5.41) is 0. The minimum absolute atomic E-state index is 0.129. The number of methoxy groups -OCH3 is 2. The van der Waals surface area contributed by atoms with Gasteiger partial charge in [-0.3, -0.25) is 9.59 Å². The van der Waals surface area contributed by atoms with Crippen LogP contribution in [0.4, 0.5) is 0 Å². The second-order valence-corrected chi connectivity index (χ2v) is 7.30. The Kier molecular flexibility index (Phi) is 6.14. The van der Waals surface area contributed by atoms with Gasteiger partial charge in [-0.15, -0.1) is 0 Å². The number of ether oxygens (including phenoxy) is 3. The summed E-state index contributed by atoms with van der Waals surface area (Å²) >= 11 is 0. The molecular weight excluding hydrogens is 388 g/mol. The average Bonchev–Trinajstić information content (AvgIpc) is 3.04. The Morgan fingerprint density at radius 1 is 1.07 bits per heavy atom. The van der Waals surface area contributed by atoms with Crippen LogP contribution in [-0.2, 0) is 22.5 Å².